The van der Waals surface area contributed by atoms with Gasteiger partial charge in [0.15, 0.2) is 6.10 Å². The van der Waals surface area contributed by atoms with E-state index < -0.39 is 42.0 Å². The van der Waals surface area contributed by atoms with Crippen molar-refractivity contribution in [1.82, 2.24) is 10.2 Å². The fourth-order valence-electron chi connectivity index (χ4n) is 3.48. The molecule has 160 valence electrons. The van der Waals surface area contributed by atoms with Crippen LogP contribution in [0.4, 0.5) is 10.5 Å². The molecule has 1 heterocycles. The Labute approximate surface area is 175 Å². The van der Waals surface area contributed by atoms with Crippen LogP contribution >= 0.6 is 0 Å². The number of nitrogens with one attached hydrogen (secondary N) is 2. The predicted octanol–water partition coefficient (Wildman–Crippen LogP) is 2.32. The Kier molecular flexibility index (Phi) is 7.53. The lowest BCUT2D eigenvalue weighted by Crippen LogP contribution is -2.47. The van der Waals surface area contributed by atoms with Gasteiger partial charge in [-0.1, -0.05) is 38.8 Å². The molecule has 9 heteroatoms. The predicted molar refractivity (Wildman–Crippen MR) is 108 cm³/mol. The van der Waals surface area contributed by atoms with Gasteiger partial charge in [0.05, 0.1) is 11.3 Å². The average Bonchev–Trinajstić information content (AvgIpc) is 2.93. The molecular weight excluding hydrogens is 388 g/mol. The van der Waals surface area contributed by atoms with Crippen molar-refractivity contribution >= 4 is 29.5 Å². The number of amides is 4. The van der Waals surface area contributed by atoms with Crippen molar-refractivity contribution in [3.05, 3.63) is 29.8 Å². The third kappa shape index (κ3) is 4.95. The molecule has 4 amide bonds. The van der Waals surface area contributed by atoms with Crippen molar-refractivity contribution in [2.24, 2.45) is 0 Å². The monoisotopic (exact) mass is 414 g/mol. The third-order valence-electron chi connectivity index (χ3n) is 4.87. The number of esters is 1. The molecule has 1 aliphatic heterocycles. The molecule has 0 bridgehead atoms. The fourth-order valence-corrected chi connectivity index (χ4v) is 3.48. The molecule has 2 rings (SSSR count). The molecule has 0 unspecified atom stereocenters. The number of benzene rings is 1. The molecule has 0 aliphatic carbocycles. The van der Waals surface area contributed by atoms with Crippen LogP contribution in [-0.4, -0.2) is 46.9 Å². The minimum absolute atomic E-state index is 0.270. The smallest absolute Gasteiger partial charge is 0.327 e. The number of hydrogen-bond donors (Lipinski definition) is 2. The number of para-hydroxylation sites is 1. The zero-order chi connectivity index (χ0) is 22.3. The number of carbonyl (C=O) groups excluding carboxylic acids is 4. The van der Waals surface area contributed by atoms with Crippen LogP contribution in [0, 0.1) is 11.3 Å². The number of hydrogen-bond acceptors (Lipinski definition) is 6. The van der Waals surface area contributed by atoms with Gasteiger partial charge in [-0.05, 0) is 31.9 Å². The van der Waals surface area contributed by atoms with Crippen LogP contribution in [0.25, 0.3) is 0 Å². The molecule has 1 atom stereocenters. The maximum Gasteiger partial charge on any atom is 0.327 e. The topological polar surface area (TPSA) is 129 Å². The van der Waals surface area contributed by atoms with Crippen LogP contribution in [0.1, 0.15) is 52.0 Å². The Bertz CT molecular complexity index is 870. The number of anilines is 1. The summed E-state index contributed by atoms with van der Waals surface area (Å²) in [6.07, 6.45) is 1.18. The number of imide groups is 1. The van der Waals surface area contributed by atoms with Crippen molar-refractivity contribution < 1.29 is 23.9 Å². The van der Waals surface area contributed by atoms with E-state index in [1.165, 1.54) is 6.92 Å². The van der Waals surface area contributed by atoms with Gasteiger partial charge in [-0.15, -0.1) is 0 Å². The van der Waals surface area contributed by atoms with E-state index in [9.17, 15) is 19.2 Å². The Morgan fingerprint density at radius 2 is 1.87 bits per heavy atom. The summed E-state index contributed by atoms with van der Waals surface area (Å²) in [4.78, 5) is 50.5. The Morgan fingerprint density at radius 3 is 2.47 bits per heavy atom. The highest BCUT2D eigenvalue weighted by Crippen LogP contribution is 2.28. The molecule has 0 aromatic heterocycles. The molecule has 9 nitrogen and oxygen atoms in total. The zero-order valence-corrected chi connectivity index (χ0v) is 17.4. The first-order chi connectivity index (χ1) is 14.3. The minimum Gasteiger partial charge on any atom is -0.451 e. The summed E-state index contributed by atoms with van der Waals surface area (Å²) in [5.74, 6) is -1.96. The molecule has 0 spiro atoms. The lowest BCUT2D eigenvalue weighted by Gasteiger charge is -2.25. The molecule has 1 saturated heterocycles. The first kappa shape index (κ1) is 22.9. The normalized spacial score (nSPS) is 15.9. The second-order valence-corrected chi connectivity index (χ2v) is 7.18. The Balaban J connectivity index is 1.99. The van der Waals surface area contributed by atoms with Gasteiger partial charge in [0, 0.05) is 0 Å². The second-order valence-electron chi connectivity index (χ2n) is 7.18. The summed E-state index contributed by atoms with van der Waals surface area (Å²) in [6.45, 7) is 4.62. The van der Waals surface area contributed by atoms with Crippen molar-refractivity contribution in [2.45, 2.75) is 58.1 Å². The van der Waals surface area contributed by atoms with Gasteiger partial charge in [-0.3, -0.25) is 19.3 Å². The molecule has 1 aromatic rings. The maximum atomic E-state index is 12.8. The summed E-state index contributed by atoms with van der Waals surface area (Å²) >= 11 is 0. The second kappa shape index (κ2) is 9.87. The Hall–Kier alpha value is -3.41. The van der Waals surface area contributed by atoms with Gasteiger partial charge in [-0.2, -0.15) is 5.26 Å². The highest BCUT2D eigenvalue weighted by molar-refractivity contribution is 6.08. The fraction of sp³-hybridized carbons (Fsp3) is 0.476. The van der Waals surface area contributed by atoms with E-state index in [1.54, 1.807) is 24.3 Å². The summed E-state index contributed by atoms with van der Waals surface area (Å²) in [6, 6.07) is 7.73. The number of nitriles is 1. The van der Waals surface area contributed by atoms with E-state index in [0.717, 1.165) is 4.90 Å². The molecule has 0 radical (unpaired) electrons. The molecule has 30 heavy (non-hydrogen) atoms. The average molecular weight is 414 g/mol. The lowest BCUT2D eigenvalue weighted by molar-refractivity contribution is -0.155. The lowest BCUT2D eigenvalue weighted by atomic mass is 9.88. The summed E-state index contributed by atoms with van der Waals surface area (Å²) < 4.78 is 5.10. The highest BCUT2D eigenvalue weighted by atomic mass is 16.5. The molecule has 1 aromatic carbocycles. The molecule has 1 aliphatic rings. The van der Waals surface area contributed by atoms with Crippen LogP contribution in [-0.2, 0) is 19.1 Å². The maximum absolute atomic E-state index is 12.8. The van der Waals surface area contributed by atoms with Crippen LogP contribution in [0.3, 0.4) is 0 Å². The zero-order valence-electron chi connectivity index (χ0n) is 17.4. The van der Waals surface area contributed by atoms with E-state index in [1.807, 2.05) is 19.9 Å². The Morgan fingerprint density at radius 1 is 1.23 bits per heavy atom. The molecule has 1 fully saturated rings. The van der Waals surface area contributed by atoms with Gasteiger partial charge in [-0.25, -0.2) is 4.79 Å². The van der Waals surface area contributed by atoms with Gasteiger partial charge in [0.2, 0.25) is 0 Å². The number of carbonyl (C=O) groups is 4. The van der Waals surface area contributed by atoms with E-state index >= 15 is 0 Å². The molecular formula is C21H26N4O5. The minimum atomic E-state index is -1.18. The van der Waals surface area contributed by atoms with E-state index in [-0.39, 0.29) is 5.56 Å². The molecule has 2 N–H and O–H groups in total. The summed E-state index contributed by atoms with van der Waals surface area (Å²) in [7, 11) is 0. The number of urea groups is 1. The standard InChI is InChI=1S/C21H26N4O5/c1-4-10-21(11-5-2)19(28)25(20(29)24-21)13-17(26)30-14(3)18(27)23-16-9-7-6-8-15(16)12-22/h6-9,14H,4-5,10-11,13H2,1-3H3,(H,23,27)(H,24,29)/t14-/m0/s1. The summed E-state index contributed by atoms with van der Waals surface area (Å²) in [5.41, 5.74) is -0.428. The van der Waals surface area contributed by atoms with Crippen LogP contribution in [0.5, 0.6) is 0 Å². The largest absolute Gasteiger partial charge is 0.451 e. The van der Waals surface area contributed by atoms with Crippen molar-refractivity contribution in [2.75, 3.05) is 11.9 Å². The highest BCUT2D eigenvalue weighted by Gasteiger charge is 2.50. The van der Waals surface area contributed by atoms with Gasteiger partial charge < -0.3 is 15.4 Å². The quantitative estimate of drug-likeness (QED) is 0.471. The van der Waals surface area contributed by atoms with Crippen LogP contribution in [0.15, 0.2) is 24.3 Å². The van der Waals surface area contributed by atoms with E-state index in [0.29, 0.717) is 31.4 Å². The van der Waals surface area contributed by atoms with Crippen LogP contribution < -0.4 is 10.6 Å². The SMILES string of the molecule is CCCC1(CCC)NC(=O)N(CC(=O)O[C@@H](C)C(=O)Nc2ccccc2C#N)C1=O. The molecule has 0 saturated carbocycles. The van der Waals surface area contributed by atoms with E-state index in [2.05, 4.69) is 10.6 Å². The number of nitrogens with zero attached hydrogens (tertiary/aromatic N) is 2. The van der Waals surface area contributed by atoms with Crippen molar-refractivity contribution in [1.29, 1.82) is 5.26 Å². The number of ether oxygens (including phenoxy) is 1. The summed E-state index contributed by atoms with van der Waals surface area (Å²) in [5, 5.41) is 14.3. The first-order valence-electron chi connectivity index (χ1n) is 9.91. The van der Waals surface area contributed by atoms with Crippen LogP contribution in [0.2, 0.25) is 0 Å². The van der Waals surface area contributed by atoms with Crippen molar-refractivity contribution in [3.8, 4) is 6.07 Å². The van der Waals surface area contributed by atoms with Gasteiger partial charge in [0.1, 0.15) is 18.2 Å². The first-order valence-corrected chi connectivity index (χ1v) is 9.91. The van der Waals surface area contributed by atoms with Gasteiger partial charge >= 0.3 is 12.0 Å². The third-order valence-corrected chi connectivity index (χ3v) is 4.87. The number of rotatable bonds is 9. The van der Waals surface area contributed by atoms with Crippen molar-refractivity contribution in [3.63, 3.8) is 0 Å². The van der Waals surface area contributed by atoms with E-state index in [4.69, 9.17) is 10.00 Å². The van der Waals surface area contributed by atoms with Gasteiger partial charge in [0.25, 0.3) is 11.8 Å².